The molecule has 4 rings (SSSR count). The number of carbonyl (C=O) groups is 1. The minimum atomic E-state index is -0.205. The van der Waals surface area contributed by atoms with Crippen molar-refractivity contribution >= 4 is 29.2 Å². The van der Waals surface area contributed by atoms with Gasteiger partial charge in [-0.25, -0.2) is 4.68 Å². The van der Waals surface area contributed by atoms with Crippen LogP contribution in [-0.2, 0) is 4.79 Å². The van der Waals surface area contributed by atoms with Gasteiger partial charge in [0.2, 0.25) is 11.1 Å². The first-order chi connectivity index (χ1) is 12.6. The van der Waals surface area contributed by atoms with Crippen molar-refractivity contribution in [1.29, 1.82) is 0 Å². The van der Waals surface area contributed by atoms with Gasteiger partial charge in [-0.3, -0.25) is 4.79 Å². The number of hydrogen-bond acceptors (Lipinski definition) is 6. The second kappa shape index (κ2) is 6.79. The van der Waals surface area contributed by atoms with Crippen LogP contribution in [0.3, 0.4) is 0 Å². The Hall–Kier alpha value is -2.28. The van der Waals surface area contributed by atoms with Crippen LogP contribution in [0.15, 0.2) is 40.7 Å². The van der Waals surface area contributed by atoms with Crippen molar-refractivity contribution in [2.75, 3.05) is 30.1 Å². The monoisotopic (exact) mass is 369 g/mol. The Bertz CT molecular complexity index is 869. The van der Waals surface area contributed by atoms with Crippen LogP contribution in [0.2, 0.25) is 0 Å². The molecule has 1 aromatic heterocycles. The molecule has 2 aromatic rings. The molecule has 1 atom stereocenters. The normalized spacial score (nSPS) is 19.0. The third-order valence-corrected chi connectivity index (χ3v) is 5.57. The first-order valence-corrected chi connectivity index (χ1v) is 9.97. The summed E-state index contributed by atoms with van der Waals surface area (Å²) in [5.74, 6) is 1.86. The quantitative estimate of drug-likeness (QED) is 0.833. The summed E-state index contributed by atoms with van der Waals surface area (Å²) in [6, 6.07) is 8.15. The number of allylic oxidation sites excluding steroid dienone is 2. The van der Waals surface area contributed by atoms with Crippen LogP contribution in [0.4, 0.5) is 11.6 Å². The zero-order valence-corrected chi connectivity index (χ0v) is 16.1. The number of thioether (sulfide) groups is 1. The van der Waals surface area contributed by atoms with Crippen molar-refractivity contribution in [3.8, 4) is 0 Å². The van der Waals surface area contributed by atoms with Crippen LogP contribution in [0, 0.1) is 0 Å². The van der Waals surface area contributed by atoms with E-state index in [1.807, 2.05) is 18.8 Å². The molecule has 0 fully saturated rings. The van der Waals surface area contributed by atoms with E-state index in [0.29, 0.717) is 6.42 Å². The van der Waals surface area contributed by atoms with E-state index < -0.39 is 0 Å². The van der Waals surface area contributed by atoms with Gasteiger partial charge in [-0.1, -0.05) is 30.8 Å². The number of rotatable bonds is 4. The maximum Gasteiger partial charge on any atom is 0.227 e. The summed E-state index contributed by atoms with van der Waals surface area (Å²) in [4.78, 5) is 19.5. The van der Waals surface area contributed by atoms with Gasteiger partial charge in [0.1, 0.15) is 6.04 Å². The molecular formula is C19H23N5OS. The van der Waals surface area contributed by atoms with Crippen molar-refractivity contribution in [3.05, 3.63) is 41.1 Å². The number of Topliss-reactive ketones (excluding diaryl/α,β-unsaturated/α-hetero) is 1. The molecule has 136 valence electrons. The Labute approximate surface area is 157 Å². The highest BCUT2D eigenvalue weighted by molar-refractivity contribution is 7.99. The number of anilines is 2. The number of ketones is 1. The number of benzene rings is 1. The zero-order chi connectivity index (χ0) is 18.3. The van der Waals surface area contributed by atoms with Gasteiger partial charge in [0, 0.05) is 37.5 Å². The van der Waals surface area contributed by atoms with Crippen LogP contribution in [0.25, 0.3) is 0 Å². The van der Waals surface area contributed by atoms with E-state index in [1.165, 1.54) is 0 Å². The van der Waals surface area contributed by atoms with Gasteiger partial charge in [-0.05, 0) is 36.3 Å². The van der Waals surface area contributed by atoms with E-state index in [9.17, 15) is 4.79 Å². The van der Waals surface area contributed by atoms with Crippen LogP contribution < -0.4 is 10.2 Å². The molecule has 26 heavy (non-hydrogen) atoms. The van der Waals surface area contributed by atoms with Crippen molar-refractivity contribution in [2.45, 2.75) is 37.4 Å². The molecular weight excluding hydrogens is 346 g/mol. The first-order valence-electron chi connectivity index (χ1n) is 8.98. The van der Waals surface area contributed by atoms with Gasteiger partial charge < -0.3 is 10.2 Å². The van der Waals surface area contributed by atoms with Crippen molar-refractivity contribution in [3.63, 3.8) is 0 Å². The van der Waals surface area contributed by atoms with Crippen molar-refractivity contribution in [1.82, 2.24) is 14.8 Å². The summed E-state index contributed by atoms with van der Waals surface area (Å²) in [6.07, 6.45) is 2.38. The number of nitrogens with one attached hydrogen (secondary N) is 1. The standard InChI is InChI=1S/C19H23N5OS/c1-4-26-19-21-18-20-14-6-5-7-15(25)16(14)17(24(18)22-19)12-8-10-13(11-9-12)23(2)3/h8-11,17H,4-7H2,1-3H3,(H,20,21,22). The topological polar surface area (TPSA) is 63.1 Å². The third kappa shape index (κ3) is 2.90. The lowest BCUT2D eigenvalue weighted by atomic mass is 9.85. The number of nitrogens with zero attached hydrogens (tertiary/aromatic N) is 4. The summed E-state index contributed by atoms with van der Waals surface area (Å²) in [5, 5.41) is 8.80. The predicted octanol–water partition coefficient (Wildman–Crippen LogP) is 3.48. The fourth-order valence-electron chi connectivity index (χ4n) is 3.59. The van der Waals surface area contributed by atoms with Crippen LogP contribution in [0.1, 0.15) is 37.8 Å². The highest BCUT2D eigenvalue weighted by Gasteiger charge is 2.36. The van der Waals surface area contributed by atoms with Gasteiger partial charge in [-0.15, -0.1) is 5.10 Å². The average molecular weight is 369 g/mol. The minimum Gasteiger partial charge on any atom is -0.378 e. The molecule has 2 heterocycles. The van der Waals surface area contributed by atoms with Gasteiger partial charge in [-0.2, -0.15) is 4.98 Å². The van der Waals surface area contributed by atoms with E-state index in [0.717, 1.165) is 52.2 Å². The average Bonchev–Trinajstić information content (AvgIpc) is 3.02. The summed E-state index contributed by atoms with van der Waals surface area (Å²) in [5.41, 5.74) is 4.06. The molecule has 0 radical (unpaired) electrons. The fraction of sp³-hybridized carbons (Fsp3) is 0.421. The number of carbonyl (C=O) groups excluding carboxylic acids is 1. The minimum absolute atomic E-state index is 0.205. The predicted molar refractivity (Wildman–Crippen MR) is 105 cm³/mol. The lowest BCUT2D eigenvalue weighted by Crippen LogP contribution is -2.31. The second-order valence-electron chi connectivity index (χ2n) is 6.78. The molecule has 0 saturated carbocycles. The smallest absolute Gasteiger partial charge is 0.227 e. The highest BCUT2D eigenvalue weighted by Crippen LogP contribution is 2.40. The molecule has 0 amide bonds. The van der Waals surface area contributed by atoms with Crippen molar-refractivity contribution in [2.24, 2.45) is 0 Å². The van der Waals surface area contributed by atoms with Gasteiger partial charge >= 0.3 is 0 Å². The summed E-state index contributed by atoms with van der Waals surface area (Å²) < 4.78 is 1.88. The Morgan fingerprint density at radius 1 is 1.27 bits per heavy atom. The van der Waals surface area contributed by atoms with Gasteiger partial charge in [0.25, 0.3) is 0 Å². The van der Waals surface area contributed by atoms with E-state index in [2.05, 4.69) is 46.4 Å². The van der Waals surface area contributed by atoms with Crippen LogP contribution >= 0.6 is 11.8 Å². The van der Waals surface area contributed by atoms with E-state index in [4.69, 9.17) is 5.10 Å². The Kier molecular flexibility index (Phi) is 4.48. The fourth-order valence-corrected chi connectivity index (χ4v) is 4.14. The molecule has 1 aliphatic heterocycles. The number of fused-ring (bicyclic) bond motifs is 1. The van der Waals surface area contributed by atoms with E-state index in [-0.39, 0.29) is 11.8 Å². The Morgan fingerprint density at radius 3 is 2.73 bits per heavy atom. The molecule has 2 aliphatic rings. The summed E-state index contributed by atoms with van der Waals surface area (Å²) >= 11 is 1.61. The highest BCUT2D eigenvalue weighted by atomic mass is 32.2. The summed E-state index contributed by atoms with van der Waals surface area (Å²) in [6.45, 7) is 2.09. The molecule has 7 heteroatoms. The van der Waals surface area contributed by atoms with E-state index >= 15 is 0 Å². The SMILES string of the molecule is CCSc1nc2n(n1)C(c1ccc(N(C)C)cc1)C1=C(CCCC1=O)N2. The van der Waals surface area contributed by atoms with Gasteiger partial charge in [0.05, 0.1) is 0 Å². The molecule has 0 spiro atoms. The van der Waals surface area contributed by atoms with Crippen LogP contribution in [-0.4, -0.2) is 40.4 Å². The Morgan fingerprint density at radius 2 is 2.04 bits per heavy atom. The van der Waals surface area contributed by atoms with Gasteiger partial charge in [0.15, 0.2) is 5.78 Å². The number of hydrogen-bond donors (Lipinski definition) is 1. The lowest BCUT2D eigenvalue weighted by molar-refractivity contribution is -0.116. The largest absolute Gasteiger partial charge is 0.378 e. The molecule has 0 saturated heterocycles. The number of aromatic nitrogens is 3. The molecule has 1 unspecified atom stereocenters. The maximum atomic E-state index is 12.8. The first kappa shape index (κ1) is 17.1. The molecule has 1 aromatic carbocycles. The summed E-state index contributed by atoms with van der Waals surface area (Å²) in [7, 11) is 4.04. The zero-order valence-electron chi connectivity index (χ0n) is 15.3. The molecule has 1 aliphatic carbocycles. The third-order valence-electron chi connectivity index (χ3n) is 4.85. The molecule has 0 bridgehead atoms. The van der Waals surface area contributed by atoms with Crippen molar-refractivity contribution < 1.29 is 4.79 Å². The molecule has 1 N–H and O–H groups in total. The van der Waals surface area contributed by atoms with E-state index in [1.54, 1.807) is 11.8 Å². The molecule has 6 nitrogen and oxygen atoms in total. The lowest BCUT2D eigenvalue weighted by Gasteiger charge is -2.32. The Balaban J connectivity index is 1.83. The maximum absolute atomic E-state index is 12.8. The van der Waals surface area contributed by atoms with Crippen LogP contribution in [0.5, 0.6) is 0 Å². The second-order valence-corrected chi connectivity index (χ2v) is 8.01.